The second kappa shape index (κ2) is 7.23. The zero-order valence-corrected chi connectivity index (χ0v) is 14.0. The van der Waals surface area contributed by atoms with Gasteiger partial charge in [-0.2, -0.15) is 0 Å². The molecule has 124 valence electrons. The zero-order chi connectivity index (χ0) is 16.9. The summed E-state index contributed by atoms with van der Waals surface area (Å²) >= 11 is 5.98. The van der Waals surface area contributed by atoms with E-state index < -0.39 is 0 Å². The number of hydrogen-bond donors (Lipinski definition) is 1. The predicted molar refractivity (Wildman–Crippen MR) is 91.6 cm³/mol. The molecule has 0 fully saturated rings. The molecule has 0 amide bonds. The topological polar surface area (TPSA) is 69.4 Å². The smallest absolute Gasteiger partial charge is 0.247 e. The van der Waals surface area contributed by atoms with Crippen LogP contribution in [-0.2, 0) is 6.54 Å². The lowest BCUT2D eigenvalue weighted by molar-refractivity contribution is 0.404. The number of anilines is 1. The maximum Gasteiger partial charge on any atom is 0.247 e. The molecular formula is C17H16ClN3O3. The average molecular weight is 346 g/mol. The first-order valence-electron chi connectivity index (χ1n) is 7.24. The summed E-state index contributed by atoms with van der Waals surface area (Å²) in [5, 5.41) is 11.9. The van der Waals surface area contributed by atoms with E-state index >= 15 is 0 Å². The highest BCUT2D eigenvalue weighted by Crippen LogP contribution is 2.29. The summed E-state index contributed by atoms with van der Waals surface area (Å²) in [7, 11) is 3.22. The van der Waals surface area contributed by atoms with Crippen molar-refractivity contribution < 1.29 is 13.9 Å². The molecule has 0 aliphatic rings. The lowest BCUT2D eigenvalue weighted by atomic mass is 10.2. The third-order valence-electron chi connectivity index (χ3n) is 3.38. The second-order valence-electron chi connectivity index (χ2n) is 4.93. The molecule has 2 aromatic carbocycles. The first-order valence-corrected chi connectivity index (χ1v) is 7.61. The fraction of sp³-hybridized carbons (Fsp3) is 0.176. The van der Waals surface area contributed by atoms with Crippen molar-refractivity contribution in [2.75, 3.05) is 19.5 Å². The Kier molecular flexibility index (Phi) is 4.86. The summed E-state index contributed by atoms with van der Waals surface area (Å²) < 4.78 is 16.2. The Morgan fingerprint density at radius 3 is 2.71 bits per heavy atom. The third kappa shape index (κ3) is 3.60. The highest BCUT2D eigenvalue weighted by Gasteiger charge is 2.10. The molecule has 3 rings (SSSR count). The van der Waals surface area contributed by atoms with Gasteiger partial charge in [0, 0.05) is 16.7 Å². The van der Waals surface area contributed by atoms with Crippen molar-refractivity contribution in [3.63, 3.8) is 0 Å². The normalized spacial score (nSPS) is 10.5. The van der Waals surface area contributed by atoms with Gasteiger partial charge in [-0.15, -0.1) is 10.2 Å². The number of nitrogens with zero attached hydrogens (tertiary/aromatic N) is 2. The SMILES string of the molecule is COc1ccc(OC)c(NCc2nnc(-c3cccc(Cl)c3)o2)c1. The van der Waals surface area contributed by atoms with Crippen LogP contribution in [0.5, 0.6) is 11.5 Å². The fourth-order valence-corrected chi connectivity index (χ4v) is 2.38. The van der Waals surface area contributed by atoms with E-state index in [1.165, 1.54) is 0 Å². The quantitative estimate of drug-likeness (QED) is 0.727. The van der Waals surface area contributed by atoms with Crippen LogP contribution in [0.15, 0.2) is 46.9 Å². The van der Waals surface area contributed by atoms with Gasteiger partial charge in [0.25, 0.3) is 0 Å². The van der Waals surface area contributed by atoms with Crippen molar-refractivity contribution in [3.8, 4) is 23.0 Å². The molecule has 1 heterocycles. The van der Waals surface area contributed by atoms with E-state index in [1.54, 1.807) is 26.4 Å². The maximum absolute atomic E-state index is 5.98. The molecule has 24 heavy (non-hydrogen) atoms. The highest BCUT2D eigenvalue weighted by atomic mass is 35.5. The van der Waals surface area contributed by atoms with Crippen LogP contribution in [-0.4, -0.2) is 24.4 Å². The predicted octanol–water partition coefficient (Wildman–Crippen LogP) is 4.02. The summed E-state index contributed by atoms with van der Waals surface area (Å²) in [5.74, 6) is 2.30. The molecule has 3 aromatic rings. The van der Waals surface area contributed by atoms with Gasteiger partial charge in [0.2, 0.25) is 11.8 Å². The number of aromatic nitrogens is 2. The molecule has 0 atom stereocenters. The maximum atomic E-state index is 5.98. The van der Waals surface area contributed by atoms with Gasteiger partial charge < -0.3 is 19.2 Å². The van der Waals surface area contributed by atoms with Gasteiger partial charge in [-0.25, -0.2) is 0 Å². The molecule has 0 radical (unpaired) electrons. The van der Waals surface area contributed by atoms with Crippen LogP contribution in [0.4, 0.5) is 5.69 Å². The van der Waals surface area contributed by atoms with Crippen LogP contribution in [0.25, 0.3) is 11.5 Å². The highest BCUT2D eigenvalue weighted by molar-refractivity contribution is 6.30. The van der Waals surface area contributed by atoms with Crippen molar-refractivity contribution in [2.24, 2.45) is 0 Å². The molecule has 7 heteroatoms. The molecule has 0 spiro atoms. The summed E-state index contributed by atoms with van der Waals surface area (Å²) in [6.07, 6.45) is 0. The largest absolute Gasteiger partial charge is 0.497 e. The van der Waals surface area contributed by atoms with Gasteiger partial charge in [0.1, 0.15) is 11.5 Å². The first kappa shape index (κ1) is 16.1. The number of hydrogen-bond acceptors (Lipinski definition) is 6. The fourth-order valence-electron chi connectivity index (χ4n) is 2.19. The van der Waals surface area contributed by atoms with Crippen LogP contribution in [0.3, 0.4) is 0 Å². The molecule has 0 bridgehead atoms. The zero-order valence-electron chi connectivity index (χ0n) is 13.2. The van der Waals surface area contributed by atoms with Crippen molar-refractivity contribution in [3.05, 3.63) is 53.4 Å². The summed E-state index contributed by atoms with van der Waals surface area (Å²) in [6, 6.07) is 12.8. The third-order valence-corrected chi connectivity index (χ3v) is 3.61. The van der Waals surface area contributed by atoms with Gasteiger partial charge >= 0.3 is 0 Å². The van der Waals surface area contributed by atoms with E-state index in [4.69, 9.17) is 25.5 Å². The standard InChI is InChI=1S/C17H16ClN3O3/c1-22-13-6-7-15(23-2)14(9-13)19-10-16-20-21-17(24-16)11-4-3-5-12(18)8-11/h3-9,19H,10H2,1-2H3. The van der Waals surface area contributed by atoms with Crippen molar-refractivity contribution in [1.82, 2.24) is 10.2 Å². The minimum absolute atomic E-state index is 0.358. The van der Waals surface area contributed by atoms with Crippen molar-refractivity contribution >= 4 is 17.3 Å². The molecular weight excluding hydrogens is 330 g/mol. The molecule has 0 aliphatic carbocycles. The van der Waals surface area contributed by atoms with Gasteiger partial charge in [-0.05, 0) is 30.3 Å². The van der Waals surface area contributed by atoms with Crippen LogP contribution in [0.2, 0.25) is 5.02 Å². The van der Waals surface area contributed by atoms with Gasteiger partial charge in [-0.3, -0.25) is 0 Å². The molecule has 0 saturated heterocycles. The van der Waals surface area contributed by atoms with E-state index in [0.717, 1.165) is 17.0 Å². The lowest BCUT2D eigenvalue weighted by Crippen LogP contribution is -2.02. The average Bonchev–Trinajstić information content (AvgIpc) is 3.08. The Hall–Kier alpha value is -2.73. The number of ether oxygens (including phenoxy) is 2. The Bertz CT molecular complexity index is 835. The van der Waals surface area contributed by atoms with E-state index in [0.29, 0.717) is 29.1 Å². The minimum atomic E-state index is 0.358. The van der Waals surface area contributed by atoms with E-state index in [9.17, 15) is 0 Å². The van der Waals surface area contributed by atoms with Gasteiger partial charge in [0.05, 0.1) is 26.5 Å². The number of nitrogens with one attached hydrogen (secondary N) is 1. The Balaban J connectivity index is 1.74. The van der Waals surface area contributed by atoms with E-state index in [-0.39, 0.29) is 0 Å². The van der Waals surface area contributed by atoms with Crippen molar-refractivity contribution in [1.29, 1.82) is 0 Å². The molecule has 6 nitrogen and oxygen atoms in total. The Morgan fingerprint density at radius 1 is 1.08 bits per heavy atom. The lowest BCUT2D eigenvalue weighted by Gasteiger charge is -2.11. The number of rotatable bonds is 6. The van der Waals surface area contributed by atoms with Crippen LogP contribution in [0.1, 0.15) is 5.89 Å². The molecule has 0 unspecified atom stereocenters. The number of methoxy groups -OCH3 is 2. The summed E-state index contributed by atoms with van der Waals surface area (Å²) in [6.45, 7) is 0.358. The minimum Gasteiger partial charge on any atom is -0.497 e. The van der Waals surface area contributed by atoms with Crippen LogP contribution >= 0.6 is 11.6 Å². The molecule has 1 aromatic heterocycles. The van der Waals surface area contributed by atoms with Crippen LogP contribution in [0, 0.1) is 0 Å². The van der Waals surface area contributed by atoms with E-state index in [2.05, 4.69) is 15.5 Å². The Labute approximate surface area is 144 Å². The molecule has 1 N–H and O–H groups in total. The molecule has 0 saturated carbocycles. The Morgan fingerprint density at radius 2 is 1.96 bits per heavy atom. The number of benzene rings is 2. The second-order valence-corrected chi connectivity index (χ2v) is 5.37. The molecule has 0 aliphatic heterocycles. The summed E-state index contributed by atoms with van der Waals surface area (Å²) in [5.41, 5.74) is 1.56. The van der Waals surface area contributed by atoms with Crippen LogP contribution < -0.4 is 14.8 Å². The van der Waals surface area contributed by atoms with Gasteiger partial charge in [0.15, 0.2) is 0 Å². The first-order chi connectivity index (χ1) is 11.7. The number of halogens is 1. The van der Waals surface area contributed by atoms with E-state index in [1.807, 2.05) is 30.3 Å². The monoisotopic (exact) mass is 345 g/mol. The van der Waals surface area contributed by atoms with Crippen molar-refractivity contribution in [2.45, 2.75) is 6.54 Å². The van der Waals surface area contributed by atoms with Gasteiger partial charge in [-0.1, -0.05) is 17.7 Å². The summed E-state index contributed by atoms with van der Waals surface area (Å²) in [4.78, 5) is 0.